The van der Waals surface area contributed by atoms with E-state index in [0.717, 1.165) is 26.1 Å². The molecule has 1 aromatic rings. The van der Waals surface area contributed by atoms with Crippen molar-refractivity contribution >= 4 is 5.82 Å². The van der Waals surface area contributed by atoms with E-state index in [4.69, 9.17) is 4.98 Å². The number of rotatable bonds is 1. The molecule has 0 spiro atoms. The Hall–Kier alpha value is -1.09. The standard InChI is InChI=1S/C16H25N3/c1-16(2,3)10-12-6-7-18-15-14(12)5-4-13-11-17-8-9-19(13)15/h6-7,13,17H,4-5,8-11H2,1-3H3. The van der Waals surface area contributed by atoms with Gasteiger partial charge in [-0.1, -0.05) is 20.8 Å². The Bertz CT molecular complexity index is 462. The van der Waals surface area contributed by atoms with E-state index >= 15 is 0 Å². The van der Waals surface area contributed by atoms with Crippen LogP contribution in [0.5, 0.6) is 0 Å². The highest BCUT2D eigenvalue weighted by Gasteiger charge is 2.31. The van der Waals surface area contributed by atoms with Gasteiger partial charge in [0.25, 0.3) is 0 Å². The van der Waals surface area contributed by atoms with Gasteiger partial charge in [0.05, 0.1) is 0 Å². The molecule has 19 heavy (non-hydrogen) atoms. The summed E-state index contributed by atoms with van der Waals surface area (Å²) in [5.74, 6) is 1.26. The van der Waals surface area contributed by atoms with Crippen LogP contribution in [0.2, 0.25) is 0 Å². The molecule has 1 fully saturated rings. The van der Waals surface area contributed by atoms with Crippen molar-refractivity contribution < 1.29 is 0 Å². The minimum absolute atomic E-state index is 0.343. The number of anilines is 1. The quantitative estimate of drug-likeness (QED) is 0.839. The van der Waals surface area contributed by atoms with E-state index in [1.54, 1.807) is 0 Å². The van der Waals surface area contributed by atoms with Gasteiger partial charge >= 0.3 is 0 Å². The lowest BCUT2D eigenvalue weighted by Crippen LogP contribution is -2.53. The third-order valence-corrected chi connectivity index (χ3v) is 4.20. The van der Waals surface area contributed by atoms with Crippen LogP contribution in [0.4, 0.5) is 5.82 Å². The lowest BCUT2D eigenvalue weighted by atomic mass is 9.84. The Kier molecular flexibility index (Phi) is 3.25. The zero-order chi connectivity index (χ0) is 13.5. The summed E-state index contributed by atoms with van der Waals surface area (Å²) in [5.41, 5.74) is 3.36. The zero-order valence-corrected chi connectivity index (χ0v) is 12.4. The number of nitrogens with zero attached hydrogens (tertiary/aromatic N) is 2. The minimum atomic E-state index is 0.343. The van der Waals surface area contributed by atoms with Crippen LogP contribution in [0.15, 0.2) is 12.3 Å². The van der Waals surface area contributed by atoms with Crippen LogP contribution in [-0.2, 0) is 12.8 Å². The van der Waals surface area contributed by atoms with Gasteiger partial charge in [0.15, 0.2) is 0 Å². The van der Waals surface area contributed by atoms with E-state index in [-0.39, 0.29) is 0 Å². The molecule has 0 aliphatic carbocycles. The molecule has 104 valence electrons. The molecule has 1 unspecified atom stereocenters. The number of pyridine rings is 1. The van der Waals surface area contributed by atoms with Crippen molar-refractivity contribution in [2.45, 2.75) is 46.1 Å². The van der Waals surface area contributed by atoms with Crippen LogP contribution in [0.1, 0.15) is 38.3 Å². The Morgan fingerprint density at radius 1 is 1.42 bits per heavy atom. The molecule has 3 heteroatoms. The van der Waals surface area contributed by atoms with Crippen LogP contribution in [-0.4, -0.2) is 30.7 Å². The van der Waals surface area contributed by atoms with Gasteiger partial charge in [0.2, 0.25) is 0 Å². The maximum absolute atomic E-state index is 4.69. The summed E-state index contributed by atoms with van der Waals surface area (Å²) >= 11 is 0. The Labute approximate surface area is 116 Å². The minimum Gasteiger partial charge on any atom is -0.351 e. The molecule has 3 heterocycles. The van der Waals surface area contributed by atoms with Gasteiger partial charge in [-0.15, -0.1) is 0 Å². The summed E-state index contributed by atoms with van der Waals surface area (Å²) in [6.45, 7) is 10.2. The topological polar surface area (TPSA) is 28.2 Å². The molecule has 3 rings (SSSR count). The number of fused-ring (bicyclic) bond motifs is 3. The lowest BCUT2D eigenvalue weighted by Gasteiger charge is -2.42. The van der Waals surface area contributed by atoms with Gasteiger partial charge in [-0.2, -0.15) is 0 Å². The van der Waals surface area contributed by atoms with Crippen LogP contribution in [0, 0.1) is 5.41 Å². The largest absolute Gasteiger partial charge is 0.351 e. The third-order valence-electron chi connectivity index (χ3n) is 4.20. The molecule has 1 aromatic heterocycles. The molecule has 0 bridgehead atoms. The van der Waals surface area contributed by atoms with E-state index < -0.39 is 0 Å². The fourth-order valence-electron chi connectivity index (χ4n) is 3.39. The fourth-order valence-corrected chi connectivity index (χ4v) is 3.39. The second-order valence-electron chi connectivity index (χ2n) is 7.10. The average Bonchev–Trinajstić information content (AvgIpc) is 2.37. The van der Waals surface area contributed by atoms with E-state index in [1.807, 2.05) is 6.20 Å². The van der Waals surface area contributed by atoms with E-state index in [2.05, 4.69) is 37.1 Å². The number of hydrogen-bond donors (Lipinski definition) is 1. The van der Waals surface area contributed by atoms with Crippen LogP contribution in [0.25, 0.3) is 0 Å². The van der Waals surface area contributed by atoms with Crippen LogP contribution < -0.4 is 10.2 Å². The van der Waals surface area contributed by atoms with Gasteiger partial charge < -0.3 is 10.2 Å². The van der Waals surface area contributed by atoms with Crippen molar-refractivity contribution in [2.24, 2.45) is 5.41 Å². The third kappa shape index (κ3) is 2.62. The van der Waals surface area contributed by atoms with Crippen LogP contribution in [0.3, 0.4) is 0 Å². The Balaban J connectivity index is 1.94. The molecule has 2 aliphatic heterocycles. The molecule has 0 radical (unpaired) electrons. The molecule has 0 saturated carbocycles. The van der Waals surface area contributed by atoms with Crippen molar-refractivity contribution in [1.29, 1.82) is 0 Å². The number of nitrogens with one attached hydrogen (secondary N) is 1. The number of aromatic nitrogens is 1. The molecule has 0 amide bonds. The molecular weight excluding hydrogens is 234 g/mol. The molecule has 1 saturated heterocycles. The summed E-state index contributed by atoms with van der Waals surface area (Å²) in [7, 11) is 0. The monoisotopic (exact) mass is 259 g/mol. The van der Waals surface area contributed by atoms with Crippen molar-refractivity contribution in [3.63, 3.8) is 0 Å². The molecule has 1 N–H and O–H groups in total. The van der Waals surface area contributed by atoms with Gasteiger partial charge in [0, 0.05) is 31.9 Å². The average molecular weight is 259 g/mol. The van der Waals surface area contributed by atoms with Gasteiger partial charge in [-0.3, -0.25) is 0 Å². The van der Waals surface area contributed by atoms with Crippen molar-refractivity contribution in [3.8, 4) is 0 Å². The number of hydrogen-bond acceptors (Lipinski definition) is 3. The number of piperazine rings is 1. The van der Waals surface area contributed by atoms with E-state index in [9.17, 15) is 0 Å². The molecule has 2 aliphatic rings. The first kappa shape index (κ1) is 12.9. The summed E-state index contributed by atoms with van der Waals surface area (Å²) in [6.07, 6.45) is 5.61. The van der Waals surface area contributed by atoms with E-state index in [1.165, 1.54) is 29.8 Å². The predicted octanol–water partition coefficient (Wildman–Crippen LogP) is 2.39. The van der Waals surface area contributed by atoms with Crippen molar-refractivity contribution in [2.75, 3.05) is 24.5 Å². The highest BCUT2D eigenvalue weighted by Crippen LogP contribution is 2.34. The molecule has 0 aromatic carbocycles. The first-order valence-electron chi connectivity index (χ1n) is 7.49. The SMILES string of the molecule is CC(C)(C)Cc1ccnc2c1CCC1CNCCN21. The van der Waals surface area contributed by atoms with Gasteiger partial charge in [-0.25, -0.2) is 4.98 Å². The van der Waals surface area contributed by atoms with E-state index in [0.29, 0.717) is 11.5 Å². The highest BCUT2D eigenvalue weighted by molar-refractivity contribution is 5.54. The maximum Gasteiger partial charge on any atom is 0.132 e. The second kappa shape index (κ2) is 4.78. The van der Waals surface area contributed by atoms with Crippen molar-refractivity contribution in [3.05, 3.63) is 23.4 Å². The van der Waals surface area contributed by atoms with Crippen LogP contribution >= 0.6 is 0 Å². The van der Waals surface area contributed by atoms with Crippen molar-refractivity contribution in [1.82, 2.24) is 10.3 Å². The lowest BCUT2D eigenvalue weighted by molar-refractivity contribution is 0.403. The smallest absolute Gasteiger partial charge is 0.132 e. The second-order valence-corrected chi connectivity index (χ2v) is 7.10. The highest BCUT2D eigenvalue weighted by atomic mass is 15.3. The van der Waals surface area contributed by atoms with Gasteiger partial charge in [0.1, 0.15) is 5.82 Å². The summed E-state index contributed by atoms with van der Waals surface area (Å²) in [6, 6.07) is 2.88. The summed E-state index contributed by atoms with van der Waals surface area (Å²) < 4.78 is 0. The molecular formula is C16H25N3. The Morgan fingerprint density at radius 3 is 3.05 bits per heavy atom. The maximum atomic E-state index is 4.69. The molecule has 3 nitrogen and oxygen atoms in total. The predicted molar refractivity (Wildman–Crippen MR) is 79.7 cm³/mol. The summed E-state index contributed by atoms with van der Waals surface area (Å²) in [4.78, 5) is 7.22. The fraction of sp³-hybridized carbons (Fsp3) is 0.688. The molecule has 1 atom stereocenters. The first-order valence-corrected chi connectivity index (χ1v) is 7.49. The van der Waals surface area contributed by atoms with Gasteiger partial charge in [-0.05, 0) is 41.9 Å². The normalized spacial score (nSPS) is 22.9. The zero-order valence-electron chi connectivity index (χ0n) is 12.4. The summed E-state index contributed by atoms with van der Waals surface area (Å²) in [5, 5.41) is 3.50. The Morgan fingerprint density at radius 2 is 2.26 bits per heavy atom. The first-order chi connectivity index (χ1) is 9.04.